The van der Waals surface area contributed by atoms with E-state index in [4.69, 9.17) is 10.2 Å². The first kappa shape index (κ1) is 14.8. The normalized spacial score (nSPS) is 20.3. The lowest BCUT2D eigenvalue weighted by molar-refractivity contribution is -0.139. The number of hydrogen-bond acceptors (Lipinski definition) is 3. The van der Waals surface area contributed by atoms with E-state index in [9.17, 15) is 9.59 Å². The van der Waals surface area contributed by atoms with Gasteiger partial charge in [-0.25, -0.2) is 9.59 Å². The number of piperidine rings is 1. The van der Waals surface area contributed by atoms with E-state index in [1.54, 1.807) is 4.90 Å². The van der Waals surface area contributed by atoms with Crippen LogP contribution in [-0.2, 0) is 4.79 Å². The largest absolute Gasteiger partial charge is 0.480 e. The number of hydrogen-bond donors (Lipinski definition) is 3. The van der Waals surface area contributed by atoms with Gasteiger partial charge in [0.15, 0.2) is 0 Å². The highest BCUT2D eigenvalue weighted by molar-refractivity contribution is 5.82. The third kappa shape index (κ3) is 4.18. The van der Waals surface area contributed by atoms with Gasteiger partial charge in [0.05, 0.1) is 0 Å². The molecule has 0 bridgehead atoms. The number of carbonyl (C=O) groups excluding carboxylic acids is 1. The second-order valence-electron chi connectivity index (χ2n) is 5.50. The van der Waals surface area contributed by atoms with Crippen LogP contribution in [0.2, 0.25) is 0 Å². The summed E-state index contributed by atoms with van der Waals surface area (Å²) in [5.41, 5.74) is 0.244. The van der Waals surface area contributed by atoms with Crippen molar-refractivity contribution in [2.24, 2.45) is 5.41 Å². The van der Waals surface area contributed by atoms with Crippen molar-refractivity contribution >= 4 is 12.0 Å². The monoisotopic (exact) mass is 258 g/mol. The standard InChI is InChI=1S/C12H22N2O4/c1-12(2)4-6-14(7-5-12)11(18)13-9(3-8-15)10(16)17/h9,15H,3-8H2,1-2H3,(H,13,18)(H,16,17). The maximum absolute atomic E-state index is 11.9. The van der Waals surface area contributed by atoms with Gasteiger partial charge in [0, 0.05) is 26.1 Å². The number of likely N-dealkylation sites (tertiary alicyclic amines) is 1. The predicted octanol–water partition coefficient (Wildman–Crippen LogP) is 0.654. The van der Waals surface area contributed by atoms with Gasteiger partial charge >= 0.3 is 12.0 Å². The number of carbonyl (C=O) groups is 2. The third-order valence-corrected chi connectivity index (χ3v) is 3.42. The minimum atomic E-state index is -1.12. The van der Waals surface area contributed by atoms with Crippen LogP contribution in [0.1, 0.15) is 33.1 Å². The number of urea groups is 1. The molecule has 3 N–H and O–H groups in total. The molecule has 1 unspecified atom stereocenters. The Bertz CT molecular complexity index is 307. The Kier molecular flexibility index (Phi) is 4.95. The van der Waals surface area contributed by atoms with E-state index in [1.165, 1.54) is 0 Å². The van der Waals surface area contributed by atoms with Crippen molar-refractivity contribution in [1.82, 2.24) is 10.2 Å². The molecule has 1 aliphatic rings. The van der Waals surface area contributed by atoms with Crippen molar-refractivity contribution in [3.8, 4) is 0 Å². The smallest absolute Gasteiger partial charge is 0.326 e. The van der Waals surface area contributed by atoms with Gasteiger partial charge < -0.3 is 20.4 Å². The number of carboxylic acids is 1. The highest BCUT2D eigenvalue weighted by Gasteiger charge is 2.29. The summed E-state index contributed by atoms with van der Waals surface area (Å²) >= 11 is 0. The van der Waals surface area contributed by atoms with Crippen molar-refractivity contribution in [3.63, 3.8) is 0 Å². The molecule has 2 amide bonds. The molecular formula is C12H22N2O4. The molecule has 6 heteroatoms. The average Bonchev–Trinajstić information content (AvgIpc) is 2.28. The predicted molar refractivity (Wildman–Crippen MR) is 66.2 cm³/mol. The fraction of sp³-hybridized carbons (Fsp3) is 0.833. The van der Waals surface area contributed by atoms with Crippen molar-refractivity contribution in [2.45, 2.75) is 39.2 Å². The Hall–Kier alpha value is -1.30. The molecule has 0 spiro atoms. The van der Waals surface area contributed by atoms with Gasteiger partial charge in [-0.3, -0.25) is 0 Å². The van der Waals surface area contributed by atoms with Gasteiger partial charge in [-0.05, 0) is 18.3 Å². The Morgan fingerprint density at radius 1 is 1.33 bits per heavy atom. The number of aliphatic carboxylic acids is 1. The zero-order valence-corrected chi connectivity index (χ0v) is 11.0. The molecular weight excluding hydrogens is 236 g/mol. The molecule has 1 saturated heterocycles. The van der Waals surface area contributed by atoms with E-state index in [-0.39, 0.29) is 24.5 Å². The SMILES string of the molecule is CC1(C)CCN(C(=O)NC(CCO)C(=O)O)CC1. The number of carboxylic acid groups (broad SMARTS) is 1. The molecule has 6 nitrogen and oxygen atoms in total. The fourth-order valence-corrected chi connectivity index (χ4v) is 1.94. The highest BCUT2D eigenvalue weighted by Crippen LogP contribution is 2.29. The van der Waals surface area contributed by atoms with E-state index in [2.05, 4.69) is 19.2 Å². The summed E-state index contributed by atoms with van der Waals surface area (Å²) in [6.45, 7) is 5.35. The van der Waals surface area contributed by atoms with Gasteiger partial charge in [-0.15, -0.1) is 0 Å². The number of amides is 2. The third-order valence-electron chi connectivity index (χ3n) is 3.42. The lowest BCUT2D eigenvalue weighted by Gasteiger charge is -2.37. The van der Waals surface area contributed by atoms with Crippen LogP contribution in [0.25, 0.3) is 0 Å². The lowest BCUT2D eigenvalue weighted by Crippen LogP contribution is -2.51. The van der Waals surface area contributed by atoms with Crippen molar-refractivity contribution in [3.05, 3.63) is 0 Å². The number of aliphatic hydroxyl groups is 1. The van der Waals surface area contributed by atoms with Gasteiger partial charge in [-0.2, -0.15) is 0 Å². The van der Waals surface area contributed by atoms with Gasteiger partial charge in [0.2, 0.25) is 0 Å². The maximum Gasteiger partial charge on any atom is 0.326 e. The van der Waals surface area contributed by atoms with Crippen molar-refractivity contribution < 1.29 is 19.8 Å². The number of aliphatic hydroxyl groups excluding tert-OH is 1. The molecule has 1 atom stereocenters. The highest BCUT2D eigenvalue weighted by atomic mass is 16.4. The van der Waals surface area contributed by atoms with E-state index >= 15 is 0 Å². The summed E-state index contributed by atoms with van der Waals surface area (Å²) < 4.78 is 0. The zero-order valence-electron chi connectivity index (χ0n) is 11.0. The van der Waals surface area contributed by atoms with Crippen molar-refractivity contribution in [2.75, 3.05) is 19.7 Å². The Morgan fingerprint density at radius 2 is 1.89 bits per heavy atom. The second-order valence-corrected chi connectivity index (χ2v) is 5.50. The summed E-state index contributed by atoms with van der Waals surface area (Å²) in [6, 6.07) is -1.37. The van der Waals surface area contributed by atoms with E-state index in [0.29, 0.717) is 13.1 Å². The lowest BCUT2D eigenvalue weighted by atomic mass is 9.83. The second kappa shape index (κ2) is 6.04. The maximum atomic E-state index is 11.9. The molecule has 18 heavy (non-hydrogen) atoms. The minimum Gasteiger partial charge on any atom is -0.480 e. The number of nitrogens with zero attached hydrogens (tertiary/aromatic N) is 1. The molecule has 0 saturated carbocycles. The van der Waals surface area contributed by atoms with Crippen LogP contribution in [0.15, 0.2) is 0 Å². The summed E-state index contributed by atoms with van der Waals surface area (Å²) in [5.74, 6) is -1.12. The van der Waals surface area contributed by atoms with Gasteiger partial charge in [0.25, 0.3) is 0 Å². The van der Waals surface area contributed by atoms with Crippen LogP contribution in [-0.4, -0.2) is 52.9 Å². The molecule has 0 aromatic heterocycles. The van der Waals surface area contributed by atoms with Gasteiger partial charge in [-0.1, -0.05) is 13.8 Å². The summed E-state index contributed by atoms with van der Waals surface area (Å²) in [5, 5.41) is 20.1. The van der Waals surface area contributed by atoms with E-state index < -0.39 is 12.0 Å². The van der Waals surface area contributed by atoms with Crippen LogP contribution >= 0.6 is 0 Å². The van der Waals surface area contributed by atoms with Crippen LogP contribution in [0.3, 0.4) is 0 Å². The van der Waals surface area contributed by atoms with Gasteiger partial charge in [0.1, 0.15) is 6.04 Å². The quantitative estimate of drug-likeness (QED) is 0.690. The molecule has 1 fully saturated rings. The van der Waals surface area contributed by atoms with Crippen molar-refractivity contribution in [1.29, 1.82) is 0 Å². The summed E-state index contributed by atoms with van der Waals surface area (Å²) in [4.78, 5) is 24.4. The number of nitrogens with one attached hydrogen (secondary N) is 1. The zero-order chi connectivity index (χ0) is 13.8. The Morgan fingerprint density at radius 3 is 2.33 bits per heavy atom. The first-order valence-electron chi connectivity index (χ1n) is 6.25. The number of rotatable bonds is 4. The first-order chi connectivity index (χ1) is 8.35. The molecule has 0 aliphatic carbocycles. The summed E-state index contributed by atoms with van der Waals surface area (Å²) in [7, 11) is 0. The molecule has 104 valence electrons. The molecule has 0 aromatic rings. The van der Waals surface area contributed by atoms with Crippen LogP contribution in [0, 0.1) is 5.41 Å². The molecule has 1 aliphatic heterocycles. The first-order valence-corrected chi connectivity index (χ1v) is 6.25. The Labute approximate surface area is 107 Å². The Balaban J connectivity index is 2.47. The van der Waals surface area contributed by atoms with Crippen LogP contribution in [0.4, 0.5) is 4.79 Å². The fourth-order valence-electron chi connectivity index (χ4n) is 1.94. The molecule has 0 radical (unpaired) electrons. The molecule has 1 heterocycles. The van der Waals surface area contributed by atoms with E-state index in [1.807, 2.05) is 0 Å². The minimum absolute atomic E-state index is 0.0282. The average molecular weight is 258 g/mol. The van der Waals surface area contributed by atoms with Crippen LogP contribution < -0.4 is 5.32 Å². The topological polar surface area (TPSA) is 89.9 Å². The molecule has 1 rings (SSSR count). The van der Waals surface area contributed by atoms with E-state index in [0.717, 1.165) is 12.8 Å². The molecule has 0 aromatic carbocycles. The van der Waals surface area contributed by atoms with Crippen LogP contribution in [0.5, 0.6) is 0 Å². The summed E-state index contributed by atoms with van der Waals surface area (Å²) in [6.07, 6.45) is 1.86.